The van der Waals surface area contributed by atoms with E-state index in [1.54, 1.807) is 0 Å². The Labute approximate surface area is 81.6 Å². The van der Waals surface area contributed by atoms with Crippen LogP contribution in [-0.4, -0.2) is 18.2 Å². The van der Waals surface area contributed by atoms with Gasteiger partial charge in [0.1, 0.15) is 0 Å². The summed E-state index contributed by atoms with van der Waals surface area (Å²) in [5, 5.41) is 1.18. The van der Waals surface area contributed by atoms with Gasteiger partial charge in [0, 0.05) is 22.7 Å². The molecule has 1 aromatic heterocycles. The summed E-state index contributed by atoms with van der Waals surface area (Å²) in [6.45, 7) is 1.37. The van der Waals surface area contributed by atoms with Gasteiger partial charge in [-0.2, -0.15) is 0 Å². The van der Waals surface area contributed by atoms with Gasteiger partial charge >= 0.3 is 0 Å². The van der Waals surface area contributed by atoms with Crippen LogP contribution >= 0.6 is 0 Å². The summed E-state index contributed by atoms with van der Waals surface area (Å²) in [5.41, 5.74) is 2.24. The molecular weight excluding hydrogens is 178 g/mol. The standard InChI is InChI=1S/C11H11NO2/c1-2-9(11-13-6-7-14-11)8-4-5-12-10(8)3-1/h1-5,11-12H,6-7H2. The van der Waals surface area contributed by atoms with E-state index in [1.807, 2.05) is 24.4 Å². The van der Waals surface area contributed by atoms with E-state index >= 15 is 0 Å². The molecule has 0 aliphatic carbocycles. The maximum atomic E-state index is 5.48. The van der Waals surface area contributed by atoms with Gasteiger partial charge in [-0.15, -0.1) is 0 Å². The first-order chi connectivity index (χ1) is 6.95. The van der Waals surface area contributed by atoms with E-state index in [-0.39, 0.29) is 6.29 Å². The van der Waals surface area contributed by atoms with Gasteiger partial charge in [0.2, 0.25) is 0 Å². The summed E-state index contributed by atoms with van der Waals surface area (Å²) in [6, 6.07) is 8.16. The maximum Gasteiger partial charge on any atom is 0.184 e. The summed E-state index contributed by atoms with van der Waals surface area (Å²) >= 11 is 0. The molecule has 3 heteroatoms. The number of ether oxygens (including phenoxy) is 2. The number of benzene rings is 1. The molecule has 0 radical (unpaired) electrons. The lowest BCUT2D eigenvalue weighted by Crippen LogP contribution is -1.97. The van der Waals surface area contributed by atoms with Crippen LogP contribution in [-0.2, 0) is 9.47 Å². The molecule has 0 bridgehead atoms. The highest BCUT2D eigenvalue weighted by molar-refractivity contribution is 5.83. The van der Waals surface area contributed by atoms with Gasteiger partial charge in [0.25, 0.3) is 0 Å². The topological polar surface area (TPSA) is 34.2 Å². The molecule has 1 N–H and O–H groups in total. The van der Waals surface area contributed by atoms with Gasteiger partial charge in [-0.3, -0.25) is 0 Å². The molecule has 2 heterocycles. The Morgan fingerprint density at radius 3 is 2.86 bits per heavy atom. The fourth-order valence-electron chi connectivity index (χ4n) is 1.85. The lowest BCUT2D eigenvalue weighted by atomic mass is 10.1. The van der Waals surface area contributed by atoms with E-state index in [2.05, 4.69) is 11.1 Å². The number of hydrogen-bond acceptors (Lipinski definition) is 2. The second kappa shape index (κ2) is 3.12. The van der Waals surface area contributed by atoms with Crippen molar-refractivity contribution in [3.8, 4) is 0 Å². The van der Waals surface area contributed by atoms with Crippen LogP contribution in [0.1, 0.15) is 11.9 Å². The average Bonchev–Trinajstić information content (AvgIpc) is 2.88. The van der Waals surface area contributed by atoms with Gasteiger partial charge in [0.05, 0.1) is 13.2 Å². The summed E-state index contributed by atoms with van der Waals surface area (Å²) in [5.74, 6) is 0. The van der Waals surface area contributed by atoms with Crippen molar-refractivity contribution in [3.05, 3.63) is 36.0 Å². The normalized spacial score (nSPS) is 18.0. The van der Waals surface area contributed by atoms with Crippen LogP contribution in [0.25, 0.3) is 10.9 Å². The highest BCUT2D eigenvalue weighted by Gasteiger charge is 2.20. The van der Waals surface area contributed by atoms with Crippen molar-refractivity contribution in [2.45, 2.75) is 6.29 Å². The average molecular weight is 189 g/mol. The van der Waals surface area contributed by atoms with Gasteiger partial charge in [-0.25, -0.2) is 0 Å². The zero-order valence-electron chi connectivity index (χ0n) is 7.69. The van der Waals surface area contributed by atoms with Crippen LogP contribution in [0, 0.1) is 0 Å². The van der Waals surface area contributed by atoms with Gasteiger partial charge in [-0.05, 0) is 12.1 Å². The van der Waals surface area contributed by atoms with E-state index in [0.717, 1.165) is 11.1 Å². The van der Waals surface area contributed by atoms with Crippen molar-refractivity contribution in [3.63, 3.8) is 0 Å². The highest BCUT2D eigenvalue weighted by atomic mass is 16.7. The molecule has 0 spiro atoms. The van der Waals surface area contributed by atoms with E-state index in [9.17, 15) is 0 Å². The molecule has 72 valence electrons. The predicted octanol–water partition coefficient (Wildman–Crippen LogP) is 2.21. The molecule has 14 heavy (non-hydrogen) atoms. The Hall–Kier alpha value is -1.32. The SMILES string of the molecule is c1cc(C2OCCO2)c2cc[nH]c2c1. The summed E-state index contributed by atoms with van der Waals surface area (Å²) in [6.07, 6.45) is 1.75. The fourth-order valence-corrected chi connectivity index (χ4v) is 1.85. The lowest BCUT2D eigenvalue weighted by Gasteiger charge is -2.10. The highest BCUT2D eigenvalue weighted by Crippen LogP contribution is 2.29. The lowest BCUT2D eigenvalue weighted by molar-refractivity contribution is -0.0429. The van der Waals surface area contributed by atoms with Crippen LogP contribution < -0.4 is 0 Å². The third-order valence-electron chi connectivity index (χ3n) is 2.50. The van der Waals surface area contributed by atoms with Crippen molar-refractivity contribution >= 4 is 10.9 Å². The van der Waals surface area contributed by atoms with Crippen molar-refractivity contribution in [2.75, 3.05) is 13.2 Å². The predicted molar refractivity (Wildman–Crippen MR) is 52.9 cm³/mol. The molecule has 0 atom stereocenters. The van der Waals surface area contributed by atoms with E-state index < -0.39 is 0 Å². The second-order valence-corrected chi connectivity index (χ2v) is 3.36. The molecule has 1 aliphatic rings. The van der Waals surface area contributed by atoms with Crippen molar-refractivity contribution in [1.29, 1.82) is 0 Å². The molecule has 0 saturated carbocycles. The van der Waals surface area contributed by atoms with Crippen LogP contribution in [0.3, 0.4) is 0 Å². The fraction of sp³-hybridized carbons (Fsp3) is 0.273. The number of nitrogens with one attached hydrogen (secondary N) is 1. The van der Waals surface area contributed by atoms with Crippen LogP contribution in [0.2, 0.25) is 0 Å². The first-order valence-corrected chi connectivity index (χ1v) is 4.74. The van der Waals surface area contributed by atoms with E-state index in [0.29, 0.717) is 13.2 Å². The van der Waals surface area contributed by atoms with Crippen LogP contribution in [0.15, 0.2) is 30.5 Å². The number of H-pyrrole nitrogens is 1. The maximum absolute atomic E-state index is 5.48. The smallest absolute Gasteiger partial charge is 0.184 e. The number of aromatic nitrogens is 1. The molecule has 0 unspecified atom stereocenters. The minimum atomic E-state index is -0.186. The zero-order chi connectivity index (χ0) is 9.38. The Bertz CT molecular complexity index is 443. The van der Waals surface area contributed by atoms with E-state index in [4.69, 9.17) is 9.47 Å². The number of hydrogen-bond donors (Lipinski definition) is 1. The molecule has 0 amide bonds. The molecule has 1 aromatic carbocycles. The number of aromatic amines is 1. The Morgan fingerprint density at radius 2 is 2.00 bits per heavy atom. The molecule has 2 aromatic rings. The largest absolute Gasteiger partial charge is 0.361 e. The quantitative estimate of drug-likeness (QED) is 0.746. The first kappa shape index (κ1) is 8.03. The van der Waals surface area contributed by atoms with Crippen LogP contribution in [0.4, 0.5) is 0 Å². The second-order valence-electron chi connectivity index (χ2n) is 3.36. The molecule has 1 aliphatic heterocycles. The first-order valence-electron chi connectivity index (χ1n) is 4.74. The van der Waals surface area contributed by atoms with E-state index in [1.165, 1.54) is 5.39 Å². The Morgan fingerprint density at radius 1 is 1.14 bits per heavy atom. The third-order valence-corrected chi connectivity index (χ3v) is 2.50. The molecular formula is C11H11NO2. The summed E-state index contributed by atoms with van der Waals surface area (Å²) in [4.78, 5) is 3.17. The summed E-state index contributed by atoms with van der Waals surface area (Å²) in [7, 11) is 0. The van der Waals surface area contributed by atoms with Crippen molar-refractivity contribution < 1.29 is 9.47 Å². The number of rotatable bonds is 1. The number of fused-ring (bicyclic) bond motifs is 1. The third kappa shape index (κ3) is 1.14. The van der Waals surface area contributed by atoms with Gasteiger partial charge in [-0.1, -0.05) is 12.1 Å². The zero-order valence-corrected chi connectivity index (χ0v) is 7.69. The summed E-state index contributed by atoms with van der Waals surface area (Å²) < 4.78 is 11.0. The molecule has 1 saturated heterocycles. The van der Waals surface area contributed by atoms with Crippen molar-refractivity contribution in [1.82, 2.24) is 4.98 Å². The van der Waals surface area contributed by atoms with Crippen LogP contribution in [0.5, 0.6) is 0 Å². The molecule has 1 fully saturated rings. The Kier molecular flexibility index (Phi) is 1.79. The monoisotopic (exact) mass is 189 g/mol. The minimum Gasteiger partial charge on any atom is -0.361 e. The van der Waals surface area contributed by atoms with Crippen molar-refractivity contribution in [2.24, 2.45) is 0 Å². The Balaban J connectivity index is 2.14. The molecule has 3 nitrogen and oxygen atoms in total. The van der Waals surface area contributed by atoms with Gasteiger partial charge < -0.3 is 14.5 Å². The van der Waals surface area contributed by atoms with Gasteiger partial charge in [0.15, 0.2) is 6.29 Å². The minimum absolute atomic E-state index is 0.186. The molecule has 3 rings (SSSR count).